The summed E-state index contributed by atoms with van der Waals surface area (Å²) in [7, 11) is 0. The van der Waals surface area contributed by atoms with E-state index in [1.807, 2.05) is 6.92 Å². The monoisotopic (exact) mass is 394 g/mol. The molecule has 26 heavy (non-hydrogen) atoms. The Morgan fingerprint density at radius 2 is 2.00 bits per heavy atom. The van der Waals surface area contributed by atoms with Crippen LogP contribution >= 0.6 is 12.4 Å². The molecule has 2 rings (SSSR count). The van der Waals surface area contributed by atoms with Gasteiger partial charge in [-0.1, -0.05) is 25.1 Å². The third kappa shape index (κ3) is 6.45. The average Bonchev–Trinajstić information content (AvgIpc) is 2.61. The molecule has 1 aliphatic heterocycles. The van der Waals surface area contributed by atoms with E-state index < -0.39 is 17.8 Å². The largest absolute Gasteiger partial charge is 0.416 e. The van der Waals surface area contributed by atoms with E-state index in [9.17, 15) is 18.0 Å². The van der Waals surface area contributed by atoms with Crippen LogP contribution in [0.5, 0.6) is 0 Å². The second-order valence-electron chi connectivity index (χ2n) is 6.58. The maximum atomic E-state index is 12.8. The Labute approximate surface area is 158 Å². The number of halogens is 4. The molecule has 0 saturated carbocycles. The van der Waals surface area contributed by atoms with E-state index in [1.54, 1.807) is 6.07 Å². The van der Waals surface area contributed by atoms with Crippen LogP contribution in [0.4, 0.5) is 13.2 Å². The molecule has 0 aromatic heterocycles. The second-order valence-corrected chi connectivity index (χ2v) is 6.58. The van der Waals surface area contributed by atoms with Gasteiger partial charge in [0.2, 0.25) is 5.91 Å². The summed E-state index contributed by atoms with van der Waals surface area (Å²) in [6.07, 6.45) is -2.25. The molecule has 0 radical (unpaired) electrons. The van der Waals surface area contributed by atoms with Crippen molar-refractivity contribution >= 4 is 18.3 Å². The Hall–Kier alpha value is -1.31. The molecule has 148 valence electrons. The number of nitrogens with one attached hydrogen (secondary N) is 1. The first-order valence-electron chi connectivity index (χ1n) is 8.57. The molecule has 1 saturated heterocycles. The standard InChI is InChI=1S/C18H25F3N2O2.ClH/c1-12(14-3-2-4-15(11-14)18(19,20)21)5-8-23-17(24)16(22)13-6-9-25-10-7-13;/h2-4,11-13,16H,5-10,22H2,1H3,(H,23,24);1H. The van der Waals surface area contributed by atoms with Crippen molar-refractivity contribution in [1.82, 2.24) is 5.32 Å². The lowest BCUT2D eigenvalue weighted by Crippen LogP contribution is -2.47. The topological polar surface area (TPSA) is 64.4 Å². The lowest BCUT2D eigenvalue weighted by molar-refractivity contribution is -0.137. The highest BCUT2D eigenvalue weighted by Gasteiger charge is 2.30. The summed E-state index contributed by atoms with van der Waals surface area (Å²) in [5, 5.41) is 2.80. The van der Waals surface area contributed by atoms with Gasteiger partial charge >= 0.3 is 6.18 Å². The molecule has 1 heterocycles. The van der Waals surface area contributed by atoms with Crippen molar-refractivity contribution in [2.45, 2.75) is 44.3 Å². The summed E-state index contributed by atoms with van der Waals surface area (Å²) in [5.41, 5.74) is 5.95. The molecule has 1 aromatic rings. The summed E-state index contributed by atoms with van der Waals surface area (Å²) in [4.78, 5) is 12.1. The van der Waals surface area contributed by atoms with Crippen LogP contribution in [0.25, 0.3) is 0 Å². The van der Waals surface area contributed by atoms with Crippen molar-refractivity contribution in [3.05, 3.63) is 35.4 Å². The molecule has 0 aliphatic carbocycles. The number of nitrogens with two attached hydrogens (primary N) is 1. The van der Waals surface area contributed by atoms with E-state index in [-0.39, 0.29) is 30.2 Å². The van der Waals surface area contributed by atoms with Crippen LogP contribution in [0.1, 0.15) is 43.2 Å². The fraction of sp³-hybridized carbons (Fsp3) is 0.611. The molecular weight excluding hydrogens is 369 g/mol. The summed E-state index contributed by atoms with van der Waals surface area (Å²) in [6, 6.07) is 4.75. The lowest BCUT2D eigenvalue weighted by atomic mass is 9.91. The number of alkyl halides is 3. The van der Waals surface area contributed by atoms with Gasteiger partial charge in [-0.3, -0.25) is 4.79 Å². The molecule has 0 bridgehead atoms. The zero-order valence-electron chi connectivity index (χ0n) is 14.7. The van der Waals surface area contributed by atoms with Gasteiger partial charge < -0.3 is 15.8 Å². The van der Waals surface area contributed by atoms with Gasteiger partial charge in [-0.25, -0.2) is 0 Å². The van der Waals surface area contributed by atoms with Crippen LogP contribution in [0.3, 0.4) is 0 Å². The smallest absolute Gasteiger partial charge is 0.381 e. The highest BCUT2D eigenvalue weighted by Crippen LogP contribution is 2.31. The molecule has 2 unspecified atom stereocenters. The van der Waals surface area contributed by atoms with E-state index in [0.717, 1.165) is 18.9 Å². The van der Waals surface area contributed by atoms with Crippen molar-refractivity contribution in [3.63, 3.8) is 0 Å². The molecule has 2 atom stereocenters. The van der Waals surface area contributed by atoms with Crippen LogP contribution in [0.2, 0.25) is 0 Å². The second kappa shape index (κ2) is 10.1. The Bertz CT molecular complexity index is 578. The molecule has 3 N–H and O–H groups in total. The Morgan fingerprint density at radius 3 is 2.62 bits per heavy atom. The normalized spacial score (nSPS) is 17.9. The molecular formula is C18H26ClF3N2O2. The summed E-state index contributed by atoms with van der Waals surface area (Å²) >= 11 is 0. The first-order valence-corrected chi connectivity index (χ1v) is 8.57. The van der Waals surface area contributed by atoms with E-state index in [1.165, 1.54) is 12.1 Å². The van der Waals surface area contributed by atoms with Crippen molar-refractivity contribution in [2.75, 3.05) is 19.8 Å². The van der Waals surface area contributed by atoms with Gasteiger partial charge in [-0.2, -0.15) is 13.2 Å². The fourth-order valence-corrected chi connectivity index (χ4v) is 3.01. The van der Waals surface area contributed by atoms with Crippen LogP contribution in [0, 0.1) is 5.92 Å². The highest BCUT2D eigenvalue weighted by molar-refractivity contribution is 5.85. The number of benzene rings is 1. The van der Waals surface area contributed by atoms with Crippen molar-refractivity contribution in [1.29, 1.82) is 0 Å². The maximum Gasteiger partial charge on any atom is 0.416 e. The molecule has 1 aromatic carbocycles. The third-order valence-corrected chi connectivity index (χ3v) is 4.74. The van der Waals surface area contributed by atoms with E-state index in [0.29, 0.717) is 31.7 Å². The van der Waals surface area contributed by atoms with E-state index in [4.69, 9.17) is 10.5 Å². The summed E-state index contributed by atoms with van der Waals surface area (Å²) in [6.45, 7) is 3.48. The van der Waals surface area contributed by atoms with Crippen LogP contribution < -0.4 is 11.1 Å². The van der Waals surface area contributed by atoms with Crippen molar-refractivity contribution in [3.8, 4) is 0 Å². The number of rotatable bonds is 6. The number of hydrogen-bond acceptors (Lipinski definition) is 3. The van der Waals surface area contributed by atoms with Crippen LogP contribution in [-0.2, 0) is 15.7 Å². The first kappa shape index (κ1) is 22.7. The average molecular weight is 395 g/mol. The zero-order valence-corrected chi connectivity index (χ0v) is 15.5. The number of carbonyl (C=O) groups is 1. The molecule has 8 heteroatoms. The van der Waals surface area contributed by atoms with Gasteiger partial charge in [0.25, 0.3) is 0 Å². The van der Waals surface area contributed by atoms with Gasteiger partial charge in [0, 0.05) is 19.8 Å². The molecule has 1 amide bonds. The predicted octanol–water partition coefficient (Wildman–Crippen LogP) is 3.49. The van der Waals surface area contributed by atoms with Gasteiger partial charge in [-0.15, -0.1) is 12.4 Å². The Kier molecular flexibility index (Phi) is 8.86. The predicted molar refractivity (Wildman–Crippen MR) is 96.3 cm³/mol. The number of ether oxygens (including phenoxy) is 1. The number of amides is 1. The van der Waals surface area contributed by atoms with Gasteiger partial charge in [0.1, 0.15) is 0 Å². The minimum atomic E-state index is -4.35. The first-order chi connectivity index (χ1) is 11.8. The van der Waals surface area contributed by atoms with E-state index >= 15 is 0 Å². The zero-order chi connectivity index (χ0) is 18.4. The third-order valence-electron chi connectivity index (χ3n) is 4.74. The molecule has 0 spiro atoms. The van der Waals surface area contributed by atoms with Gasteiger partial charge in [0.15, 0.2) is 0 Å². The highest BCUT2D eigenvalue weighted by atomic mass is 35.5. The fourth-order valence-electron chi connectivity index (χ4n) is 3.01. The molecule has 4 nitrogen and oxygen atoms in total. The van der Waals surface area contributed by atoms with E-state index in [2.05, 4.69) is 5.32 Å². The van der Waals surface area contributed by atoms with Crippen molar-refractivity contribution < 1.29 is 22.7 Å². The quantitative estimate of drug-likeness (QED) is 0.776. The van der Waals surface area contributed by atoms with Gasteiger partial charge in [0.05, 0.1) is 11.6 Å². The summed E-state index contributed by atoms with van der Waals surface area (Å²) < 4.78 is 43.6. The maximum absolute atomic E-state index is 12.8. The van der Waals surface area contributed by atoms with Crippen LogP contribution in [0.15, 0.2) is 24.3 Å². The molecule has 1 aliphatic rings. The SMILES string of the molecule is CC(CCNC(=O)C(N)C1CCOCC1)c1cccc(C(F)(F)F)c1.Cl. The Balaban J connectivity index is 0.00000338. The number of carbonyl (C=O) groups excluding carboxylic acids is 1. The van der Waals surface area contributed by atoms with Gasteiger partial charge in [-0.05, 0) is 42.7 Å². The minimum absolute atomic E-state index is 0. The minimum Gasteiger partial charge on any atom is -0.381 e. The summed E-state index contributed by atoms with van der Waals surface area (Å²) in [5.74, 6) is -0.181. The Morgan fingerprint density at radius 1 is 1.35 bits per heavy atom. The van der Waals surface area contributed by atoms with Crippen LogP contribution in [-0.4, -0.2) is 31.7 Å². The molecule has 1 fully saturated rings. The lowest BCUT2D eigenvalue weighted by Gasteiger charge is -2.26. The van der Waals surface area contributed by atoms with Crippen molar-refractivity contribution in [2.24, 2.45) is 11.7 Å². The number of hydrogen-bond donors (Lipinski definition) is 2.